The Bertz CT molecular complexity index is 863. The quantitative estimate of drug-likeness (QED) is 0.545. The molecule has 1 aliphatic heterocycles. The lowest BCUT2D eigenvalue weighted by Crippen LogP contribution is -2.30. The van der Waals surface area contributed by atoms with E-state index in [9.17, 15) is 0 Å². The predicted molar refractivity (Wildman–Crippen MR) is 119 cm³/mol. The monoisotopic (exact) mass is 455 g/mol. The van der Waals surface area contributed by atoms with Crippen molar-refractivity contribution in [2.45, 2.75) is 12.5 Å². The van der Waals surface area contributed by atoms with Crippen LogP contribution in [0.25, 0.3) is 0 Å². The van der Waals surface area contributed by atoms with Crippen LogP contribution in [0.5, 0.6) is 0 Å². The van der Waals surface area contributed by atoms with Crippen molar-refractivity contribution in [2.75, 3.05) is 11.9 Å². The second-order valence-corrected chi connectivity index (χ2v) is 6.20. The second-order valence-electron chi connectivity index (χ2n) is 6.20. The fraction of sp³-hybridized carbons (Fsp3) is 0.136. The van der Waals surface area contributed by atoms with Crippen molar-refractivity contribution < 1.29 is 0 Å². The molecular formula is C22H22IN3. The summed E-state index contributed by atoms with van der Waals surface area (Å²) in [5.74, 6) is 1.09. The van der Waals surface area contributed by atoms with Crippen LogP contribution in [0.3, 0.4) is 0 Å². The number of fused-ring (bicyclic) bond motifs is 1. The molecule has 0 spiro atoms. The molecule has 26 heavy (non-hydrogen) atoms. The van der Waals surface area contributed by atoms with Crippen LogP contribution in [0.15, 0.2) is 89.9 Å². The van der Waals surface area contributed by atoms with Crippen molar-refractivity contribution >= 4 is 35.6 Å². The summed E-state index contributed by atoms with van der Waals surface area (Å²) in [5, 5.41) is 6.90. The number of nitrogens with zero attached hydrogens (tertiary/aromatic N) is 1. The maximum absolute atomic E-state index is 4.81. The minimum Gasteiger partial charge on any atom is -0.352 e. The average molecular weight is 455 g/mol. The third-order valence-corrected chi connectivity index (χ3v) is 4.53. The van der Waals surface area contributed by atoms with Crippen LogP contribution in [0.1, 0.15) is 22.6 Å². The van der Waals surface area contributed by atoms with E-state index in [4.69, 9.17) is 4.99 Å². The van der Waals surface area contributed by atoms with E-state index in [1.165, 1.54) is 16.7 Å². The first kappa shape index (κ1) is 18.5. The summed E-state index contributed by atoms with van der Waals surface area (Å²) in [4.78, 5) is 4.81. The zero-order valence-electron chi connectivity index (χ0n) is 14.4. The first-order valence-electron chi connectivity index (χ1n) is 8.63. The van der Waals surface area contributed by atoms with E-state index in [1.807, 2.05) is 6.07 Å². The van der Waals surface area contributed by atoms with Gasteiger partial charge in [-0.25, -0.2) is 0 Å². The van der Waals surface area contributed by atoms with E-state index < -0.39 is 0 Å². The SMILES string of the molecule is I.c1ccc(CNC2=NCC(c3ccccc3)c3ccccc3N2)cc1. The van der Waals surface area contributed by atoms with Crippen molar-refractivity contribution in [1.29, 1.82) is 0 Å². The number of nitrogens with one attached hydrogen (secondary N) is 2. The number of halogens is 1. The Kier molecular flexibility index (Phi) is 6.28. The van der Waals surface area contributed by atoms with Crippen LogP contribution < -0.4 is 10.6 Å². The number of rotatable bonds is 3. The van der Waals surface area contributed by atoms with Gasteiger partial charge in [0, 0.05) is 18.2 Å². The Morgan fingerprint density at radius 1 is 0.846 bits per heavy atom. The summed E-state index contributed by atoms with van der Waals surface area (Å²) in [6.07, 6.45) is 0. The molecule has 4 rings (SSSR count). The zero-order chi connectivity index (χ0) is 16.9. The summed E-state index contributed by atoms with van der Waals surface area (Å²) in [6, 6.07) is 29.4. The van der Waals surface area contributed by atoms with Gasteiger partial charge in [0.1, 0.15) is 0 Å². The molecule has 0 amide bonds. The van der Waals surface area contributed by atoms with E-state index in [2.05, 4.69) is 89.5 Å². The molecule has 132 valence electrons. The van der Waals surface area contributed by atoms with Crippen LogP contribution in [-0.2, 0) is 6.54 Å². The van der Waals surface area contributed by atoms with Gasteiger partial charge in [-0.2, -0.15) is 0 Å². The molecule has 1 unspecified atom stereocenters. The normalized spacial score (nSPS) is 15.5. The lowest BCUT2D eigenvalue weighted by atomic mass is 9.90. The Morgan fingerprint density at radius 3 is 2.27 bits per heavy atom. The maximum Gasteiger partial charge on any atom is 0.196 e. The van der Waals surface area contributed by atoms with Gasteiger partial charge >= 0.3 is 0 Å². The summed E-state index contributed by atoms with van der Waals surface area (Å²) in [6.45, 7) is 1.48. The molecule has 3 aromatic rings. The number of guanidine groups is 1. The van der Waals surface area contributed by atoms with Crippen molar-refractivity contribution in [3.8, 4) is 0 Å². The first-order chi connectivity index (χ1) is 12.4. The van der Waals surface area contributed by atoms with E-state index in [0.29, 0.717) is 0 Å². The molecule has 2 N–H and O–H groups in total. The Labute approximate surface area is 171 Å². The van der Waals surface area contributed by atoms with Gasteiger partial charge in [0.25, 0.3) is 0 Å². The van der Waals surface area contributed by atoms with Crippen LogP contribution in [0, 0.1) is 0 Å². The molecule has 1 atom stereocenters. The Morgan fingerprint density at radius 2 is 1.50 bits per heavy atom. The third-order valence-electron chi connectivity index (χ3n) is 4.53. The highest BCUT2D eigenvalue weighted by molar-refractivity contribution is 14.0. The summed E-state index contributed by atoms with van der Waals surface area (Å²) < 4.78 is 0. The minimum atomic E-state index is 0. The molecule has 0 radical (unpaired) electrons. The van der Waals surface area contributed by atoms with Crippen LogP contribution in [0.2, 0.25) is 0 Å². The molecule has 4 heteroatoms. The van der Waals surface area contributed by atoms with Gasteiger partial charge in [0.05, 0.1) is 6.54 Å². The topological polar surface area (TPSA) is 36.4 Å². The van der Waals surface area contributed by atoms with E-state index in [0.717, 1.165) is 24.7 Å². The maximum atomic E-state index is 4.81. The number of hydrogen-bond acceptors (Lipinski definition) is 3. The second kappa shape index (κ2) is 8.85. The summed E-state index contributed by atoms with van der Waals surface area (Å²) in [7, 11) is 0. The molecule has 0 saturated carbocycles. The first-order valence-corrected chi connectivity index (χ1v) is 8.63. The lowest BCUT2D eigenvalue weighted by molar-refractivity contribution is 0.817. The summed E-state index contributed by atoms with van der Waals surface area (Å²) in [5.41, 5.74) is 4.94. The van der Waals surface area contributed by atoms with Crippen molar-refractivity contribution in [3.05, 3.63) is 102 Å². The third kappa shape index (κ3) is 4.25. The molecule has 0 aliphatic carbocycles. The molecule has 0 bridgehead atoms. The van der Waals surface area contributed by atoms with Gasteiger partial charge in [0.15, 0.2) is 5.96 Å². The number of hydrogen-bond donors (Lipinski definition) is 2. The molecular weight excluding hydrogens is 433 g/mol. The summed E-state index contributed by atoms with van der Waals surface area (Å²) >= 11 is 0. The highest BCUT2D eigenvalue weighted by Crippen LogP contribution is 2.32. The molecule has 1 heterocycles. The fourth-order valence-corrected chi connectivity index (χ4v) is 3.21. The van der Waals surface area contributed by atoms with Gasteiger partial charge in [-0.15, -0.1) is 24.0 Å². The van der Waals surface area contributed by atoms with Gasteiger partial charge in [-0.1, -0.05) is 78.9 Å². The standard InChI is InChI=1S/C22H21N3.HI/c1-3-9-17(10-4-1)15-23-22-24-16-20(18-11-5-2-6-12-18)19-13-7-8-14-21(19)25-22;/h1-14,20H,15-16H2,(H2,23,24,25);1H. The molecule has 0 aromatic heterocycles. The Hall–Kier alpha value is -2.34. The van der Waals surface area contributed by atoms with Gasteiger partial charge in [0.2, 0.25) is 0 Å². The van der Waals surface area contributed by atoms with Gasteiger partial charge in [-0.05, 0) is 22.8 Å². The Balaban J connectivity index is 0.00000196. The fourth-order valence-electron chi connectivity index (χ4n) is 3.21. The van der Waals surface area contributed by atoms with E-state index in [-0.39, 0.29) is 29.9 Å². The smallest absolute Gasteiger partial charge is 0.196 e. The molecule has 0 saturated heterocycles. The average Bonchev–Trinajstić information content (AvgIpc) is 2.87. The van der Waals surface area contributed by atoms with Crippen molar-refractivity contribution in [1.82, 2.24) is 5.32 Å². The van der Waals surface area contributed by atoms with E-state index in [1.54, 1.807) is 0 Å². The largest absolute Gasteiger partial charge is 0.352 e. The van der Waals surface area contributed by atoms with Crippen LogP contribution >= 0.6 is 24.0 Å². The molecule has 1 aliphatic rings. The highest BCUT2D eigenvalue weighted by Gasteiger charge is 2.20. The van der Waals surface area contributed by atoms with Crippen molar-refractivity contribution in [3.63, 3.8) is 0 Å². The number of benzene rings is 3. The predicted octanol–water partition coefficient (Wildman–Crippen LogP) is 5.01. The molecule has 0 fully saturated rings. The highest BCUT2D eigenvalue weighted by atomic mass is 127. The van der Waals surface area contributed by atoms with Crippen molar-refractivity contribution in [2.24, 2.45) is 4.99 Å². The number of para-hydroxylation sites is 1. The zero-order valence-corrected chi connectivity index (χ0v) is 16.8. The lowest BCUT2D eigenvalue weighted by Gasteiger charge is -2.17. The van der Waals surface area contributed by atoms with Crippen LogP contribution in [-0.4, -0.2) is 12.5 Å². The number of aliphatic imine (C=N–C) groups is 1. The molecule has 3 nitrogen and oxygen atoms in total. The van der Waals surface area contributed by atoms with E-state index >= 15 is 0 Å². The molecule has 3 aromatic carbocycles. The number of anilines is 1. The van der Waals surface area contributed by atoms with Gasteiger partial charge in [-0.3, -0.25) is 4.99 Å². The minimum absolute atomic E-state index is 0. The van der Waals surface area contributed by atoms with Crippen LogP contribution in [0.4, 0.5) is 5.69 Å². The van der Waals surface area contributed by atoms with Gasteiger partial charge < -0.3 is 10.6 Å².